The van der Waals surface area contributed by atoms with Crippen molar-refractivity contribution in [2.24, 2.45) is 0 Å². The third-order valence-corrected chi connectivity index (χ3v) is 2.67. The van der Waals surface area contributed by atoms with Gasteiger partial charge >= 0.3 is 0 Å². The highest BCUT2D eigenvalue weighted by Crippen LogP contribution is 2.10. The molecule has 0 aliphatic heterocycles. The molecule has 2 aromatic carbocycles. The molecule has 0 saturated carbocycles. The molecule has 1 N–H and O–H groups in total. The average Bonchev–Trinajstić information content (AvgIpc) is 2.30. The Morgan fingerprint density at radius 3 is 2.24 bits per heavy atom. The van der Waals surface area contributed by atoms with Crippen molar-refractivity contribution in [2.45, 2.75) is 18.9 Å². The van der Waals surface area contributed by atoms with Gasteiger partial charge in [0.2, 0.25) is 0 Å². The SMILES string of the molecule is OC(Cc1ccccc1)Cc1cccc(F)c1. The minimum absolute atomic E-state index is 0.255. The minimum atomic E-state index is -0.473. The van der Waals surface area contributed by atoms with Crippen LogP contribution in [-0.4, -0.2) is 11.2 Å². The Hall–Kier alpha value is -1.67. The summed E-state index contributed by atoms with van der Waals surface area (Å²) >= 11 is 0. The molecular formula is C15H15FO. The molecule has 0 fully saturated rings. The predicted molar refractivity (Wildman–Crippen MR) is 66.3 cm³/mol. The van der Waals surface area contributed by atoms with Crippen LogP contribution in [0.2, 0.25) is 0 Å². The Morgan fingerprint density at radius 1 is 0.882 bits per heavy atom. The smallest absolute Gasteiger partial charge is 0.123 e. The van der Waals surface area contributed by atoms with Gasteiger partial charge in [-0.2, -0.15) is 0 Å². The molecule has 0 radical (unpaired) electrons. The zero-order valence-corrected chi connectivity index (χ0v) is 9.51. The van der Waals surface area contributed by atoms with Crippen molar-refractivity contribution < 1.29 is 9.50 Å². The second kappa shape index (κ2) is 5.60. The van der Waals surface area contributed by atoms with Gasteiger partial charge in [0.25, 0.3) is 0 Å². The molecule has 2 rings (SSSR count). The van der Waals surface area contributed by atoms with Crippen LogP contribution in [0.15, 0.2) is 54.6 Å². The number of rotatable bonds is 4. The second-order valence-corrected chi connectivity index (χ2v) is 4.18. The normalized spacial score (nSPS) is 12.4. The number of benzene rings is 2. The maximum atomic E-state index is 13.0. The number of aliphatic hydroxyl groups excluding tert-OH is 1. The first-order valence-electron chi connectivity index (χ1n) is 5.70. The van der Waals surface area contributed by atoms with Crippen molar-refractivity contribution in [3.8, 4) is 0 Å². The lowest BCUT2D eigenvalue weighted by molar-refractivity contribution is 0.175. The largest absolute Gasteiger partial charge is 0.392 e. The first-order chi connectivity index (χ1) is 8.24. The summed E-state index contributed by atoms with van der Waals surface area (Å²) in [5.41, 5.74) is 1.92. The molecule has 0 aliphatic carbocycles. The molecule has 0 aliphatic rings. The highest BCUT2D eigenvalue weighted by atomic mass is 19.1. The van der Waals surface area contributed by atoms with Gasteiger partial charge in [-0.25, -0.2) is 4.39 Å². The van der Waals surface area contributed by atoms with E-state index in [1.54, 1.807) is 6.07 Å². The molecule has 0 amide bonds. The van der Waals surface area contributed by atoms with Crippen molar-refractivity contribution >= 4 is 0 Å². The molecule has 0 bridgehead atoms. The van der Waals surface area contributed by atoms with Gasteiger partial charge in [-0.3, -0.25) is 0 Å². The van der Waals surface area contributed by atoms with E-state index < -0.39 is 6.10 Å². The van der Waals surface area contributed by atoms with E-state index in [0.717, 1.165) is 11.1 Å². The fraction of sp³-hybridized carbons (Fsp3) is 0.200. The zero-order valence-electron chi connectivity index (χ0n) is 9.51. The fourth-order valence-electron chi connectivity index (χ4n) is 1.89. The summed E-state index contributed by atoms with van der Waals surface area (Å²) in [5, 5.41) is 9.92. The highest BCUT2D eigenvalue weighted by molar-refractivity contribution is 5.19. The van der Waals surface area contributed by atoms with Crippen LogP contribution in [0, 0.1) is 5.82 Å². The Bertz CT molecular complexity index is 467. The van der Waals surface area contributed by atoms with Gasteiger partial charge in [-0.05, 0) is 36.1 Å². The standard InChI is InChI=1S/C15H15FO/c16-14-8-4-7-13(9-14)11-15(17)10-12-5-2-1-3-6-12/h1-9,15,17H,10-11H2. The number of aliphatic hydroxyl groups is 1. The third kappa shape index (κ3) is 3.68. The minimum Gasteiger partial charge on any atom is -0.392 e. The molecule has 0 saturated heterocycles. The van der Waals surface area contributed by atoms with E-state index >= 15 is 0 Å². The van der Waals surface area contributed by atoms with Gasteiger partial charge in [0.05, 0.1) is 6.10 Å². The van der Waals surface area contributed by atoms with Gasteiger partial charge in [0.15, 0.2) is 0 Å². The summed E-state index contributed by atoms with van der Waals surface area (Å²) in [5.74, 6) is -0.255. The molecular weight excluding hydrogens is 215 g/mol. The Balaban J connectivity index is 1.96. The van der Waals surface area contributed by atoms with Crippen molar-refractivity contribution in [1.29, 1.82) is 0 Å². The third-order valence-electron chi connectivity index (χ3n) is 2.67. The molecule has 1 nitrogen and oxygen atoms in total. The van der Waals surface area contributed by atoms with Crippen molar-refractivity contribution in [2.75, 3.05) is 0 Å². The van der Waals surface area contributed by atoms with Crippen LogP contribution >= 0.6 is 0 Å². The summed E-state index contributed by atoms with van der Waals surface area (Å²) in [7, 11) is 0. The lowest BCUT2D eigenvalue weighted by Crippen LogP contribution is -2.13. The Morgan fingerprint density at radius 2 is 1.53 bits per heavy atom. The van der Waals surface area contributed by atoms with E-state index in [2.05, 4.69) is 0 Å². The maximum absolute atomic E-state index is 13.0. The molecule has 0 spiro atoms. The molecule has 2 aromatic rings. The van der Waals surface area contributed by atoms with Crippen LogP contribution in [0.1, 0.15) is 11.1 Å². The van der Waals surface area contributed by atoms with Crippen molar-refractivity contribution in [3.63, 3.8) is 0 Å². The van der Waals surface area contributed by atoms with Gasteiger partial charge in [-0.15, -0.1) is 0 Å². The maximum Gasteiger partial charge on any atom is 0.123 e. The summed E-state index contributed by atoms with van der Waals surface area (Å²) < 4.78 is 13.0. The summed E-state index contributed by atoms with van der Waals surface area (Å²) in [4.78, 5) is 0. The van der Waals surface area contributed by atoms with Crippen LogP contribution in [0.3, 0.4) is 0 Å². The molecule has 1 atom stereocenters. The molecule has 88 valence electrons. The topological polar surface area (TPSA) is 20.2 Å². The second-order valence-electron chi connectivity index (χ2n) is 4.18. The summed E-state index contributed by atoms with van der Waals surface area (Å²) in [6, 6.07) is 16.2. The van der Waals surface area contributed by atoms with E-state index in [9.17, 15) is 9.50 Å². The Kier molecular flexibility index (Phi) is 3.89. The number of hydrogen-bond donors (Lipinski definition) is 1. The fourth-order valence-corrected chi connectivity index (χ4v) is 1.89. The van der Waals surface area contributed by atoms with Crippen LogP contribution < -0.4 is 0 Å². The number of halogens is 1. The summed E-state index contributed by atoms with van der Waals surface area (Å²) in [6.07, 6.45) is 0.600. The van der Waals surface area contributed by atoms with Crippen molar-refractivity contribution in [1.82, 2.24) is 0 Å². The van der Waals surface area contributed by atoms with Crippen LogP contribution in [0.5, 0.6) is 0 Å². The first kappa shape index (κ1) is 11.8. The molecule has 0 aromatic heterocycles. The van der Waals surface area contributed by atoms with E-state index in [4.69, 9.17) is 0 Å². The van der Waals surface area contributed by atoms with Crippen LogP contribution in [-0.2, 0) is 12.8 Å². The number of hydrogen-bond acceptors (Lipinski definition) is 1. The zero-order chi connectivity index (χ0) is 12.1. The molecule has 2 heteroatoms. The lowest BCUT2D eigenvalue weighted by Gasteiger charge is -2.10. The monoisotopic (exact) mass is 230 g/mol. The van der Waals surface area contributed by atoms with E-state index in [-0.39, 0.29) is 5.82 Å². The van der Waals surface area contributed by atoms with Gasteiger partial charge in [0.1, 0.15) is 5.82 Å². The quantitative estimate of drug-likeness (QED) is 0.856. The van der Waals surface area contributed by atoms with E-state index in [1.165, 1.54) is 12.1 Å². The van der Waals surface area contributed by atoms with E-state index in [1.807, 2.05) is 36.4 Å². The summed E-state index contributed by atoms with van der Waals surface area (Å²) in [6.45, 7) is 0. The Labute approximate surface area is 101 Å². The molecule has 0 heterocycles. The van der Waals surface area contributed by atoms with Gasteiger partial charge in [-0.1, -0.05) is 42.5 Å². The first-order valence-corrected chi connectivity index (χ1v) is 5.70. The predicted octanol–water partition coefficient (Wildman–Crippen LogP) is 2.97. The van der Waals surface area contributed by atoms with Gasteiger partial charge < -0.3 is 5.11 Å². The van der Waals surface area contributed by atoms with Crippen LogP contribution in [0.4, 0.5) is 4.39 Å². The van der Waals surface area contributed by atoms with E-state index in [0.29, 0.717) is 12.8 Å². The van der Waals surface area contributed by atoms with Crippen molar-refractivity contribution in [3.05, 3.63) is 71.5 Å². The molecule has 1 unspecified atom stereocenters. The van der Waals surface area contributed by atoms with Gasteiger partial charge in [0, 0.05) is 0 Å². The lowest BCUT2D eigenvalue weighted by atomic mass is 10.0. The highest BCUT2D eigenvalue weighted by Gasteiger charge is 2.07. The average molecular weight is 230 g/mol. The molecule has 17 heavy (non-hydrogen) atoms. The van der Waals surface area contributed by atoms with Crippen LogP contribution in [0.25, 0.3) is 0 Å².